The number of morpholine rings is 1. The number of carbonyl (C=O) groups is 2. The molecule has 37 heavy (non-hydrogen) atoms. The van der Waals surface area contributed by atoms with E-state index in [4.69, 9.17) is 4.74 Å². The largest absolute Gasteiger partial charge is 0.416 e. The number of hydrogen-bond donors (Lipinski definition) is 1. The zero-order valence-corrected chi connectivity index (χ0v) is 19.0. The van der Waals surface area contributed by atoms with Gasteiger partial charge in [0.15, 0.2) is 11.6 Å². The van der Waals surface area contributed by atoms with Gasteiger partial charge in [0.2, 0.25) is 0 Å². The minimum atomic E-state index is -5.09. The second-order valence-electron chi connectivity index (χ2n) is 7.99. The zero-order valence-electron chi connectivity index (χ0n) is 19.0. The van der Waals surface area contributed by atoms with Gasteiger partial charge in [0, 0.05) is 12.1 Å². The van der Waals surface area contributed by atoms with Crippen LogP contribution in [0.1, 0.15) is 40.3 Å². The lowest BCUT2D eigenvalue weighted by Crippen LogP contribution is -2.41. The first-order valence-electron chi connectivity index (χ1n) is 10.7. The van der Waals surface area contributed by atoms with Crippen molar-refractivity contribution in [1.82, 2.24) is 25.1 Å². The smallest absolute Gasteiger partial charge is 0.370 e. The molecule has 3 aromatic rings. The molecule has 1 saturated heterocycles. The van der Waals surface area contributed by atoms with Gasteiger partial charge in [-0.15, -0.1) is 0 Å². The van der Waals surface area contributed by atoms with Crippen molar-refractivity contribution in [1.29, 1.82) is 0 Å². The summed E-state index contributed by atoms with van der Waals surface area (Å²) in [5.41, 5.74) is -3.51. The molecular weight excluding hydrogens is 510 g/mol. The number of rotatable bonds is 5. The van der Waals surface area contributed by atoms with Gasteiger partial charge in [-0.3, -0.25) is 9.59 Å². The van der Waals surface area contributed by atoms with Crippen LogP contribution in [0.25, 0.3) is 5.82 Å². The van der Waals surface area contributed by atoms with Crippen molar-refractivity contribution >= 4 is 17.5 Å². The Morgan fingerprint density at radius 1 is 1.05 bits per heavy atom. The summed E-state index contributed by atoms with van der Waals surface area (Å²) in [6, 6.07) is 2.79. The maximum Gasteiger partial charge on any atom is 0.416 e. The van der Waals surface area contributed by atoms with E-state index in [0.29, 0.717) is 31.0 Å². The summed E-state index contributed by atoms with van der Waals surface area (Å²) in [5, 5.41) is 6.37. The molecule has 0 saturated carbocycles. The van der Waals surface area contributed by atoms with Crippen molar-refractivity contribution in [3.63, 3.8) is 0 Å². The maximum absolute atomic E-state index is 13.1. The van der Waals surface area contributed by atoms with Crippen LogP contribution in [0.3, 0.4) is 0 Å². The number of pyridine rings is 1. The standard InChI is InChI=1S/C22H18F6N6O3/c1-12(32-20(36)13-6-14(21(23,24)25)8-15(7-13)22(26,27)28)19-30-11-31-34(19)17-3-2-16(9-29-17)33-4-5-37-10-18(33)35/h2-3,6-9,11-12H,4-5,10H2,1H3,(H,32,36). The molecule has 1 atom stereocenters. The fourth-order valence-electron chi connectivity index (χ4n) is 3.61. The highest BCUT2D eigenvalue weighted by molar-refractivity contribution is 5.95. The minimum absolute atomic E-state index is 0.0530. The van der Waals surface area contributed by atoms with E-state index in [1.807, 2.05) is 0 Å². The molecule has 1 aromatic carbocycles. The second kappa shape index (κ2) is 9.80. The Balaban J connectivity index is 1.56. The Hall–Kier alpha value is -4.01. The number of ether oxygens (including phenoxy) is 1. The van der Waals surface area contributed by atoms with Crippen LogP contribution >= 0.6 is 0 Å². The number of hydrogen-bond acceptors (Lipinski definition) is 6. The first-order valence-corrected chi connectivity index (χ1v) is 10.7. The number of nitrogens with one attached hydrogen (secondary N) is 1. The second-order valence-corrected chi connectivity index (χ2v) is 7.99. The molecule has 0 spiro atoms. The van der Waals surface area contributed by atoms with Gasteiger partial charge >= 0.3 is 12.4 Å². The predicted octanol–water partition coefficient (Wildman–Crippen LogP) is 3.55. The van der Waals surface area contributed by atoms with E-state index >= 15 is 0 Å². The van der Waals surface area contributed by atoms with Crippen LogP contribution in [-0.2, 0) is 21.9 Å². The highest BCUT2D eigenvalue weighted by atomic mass is 19.4. The van der Waals surface area contributed by atoms with Crippen molar-refractivity contribution in [2.75, 3.05) is 24.7 Å². The van der Waals surface area contributed by atoms with E-state index in [1.165, 1.54) is 28.8 Å². The highest BCUT2D eigenvalue weighted by Crippen LogP contribution is 2.36. The number of aromatic nitrogens is 4. The molecule has 4 rings (SSSR count). The quantitative estimate of drug-likeness (QED) is 0.509. The van der Waals surface area contributed by atoms with Crippen LogP contribution in [0.15, 0.2) is 42.9 Å². The molecule has 2 amide bonds. The molecule has 0 bridgehead atoms. The molecule has 9 nitrogen and oxygen atoms in total. The molecule has 0 radical (unpaired) electrons. The third-order valence-corrected chi connectivity index (χ3v) is 5.41. The van der Waals surface area contributed by atoms with Gasteiger partial charge in [-0.05, 0) is 37.3 Å². The fraction of sp³-hybridized carbons (Fsp3) is 0.318. The first-order chi connectivity index (χ1) is 17.3. The van der Waals surface area contributed by atoms with Crippen molar-refractivity contribution in [3.05, 3.63) is 65.4 Å². The summed E-state index contributed by atoms with van der Waals surface area (Å²) in [4.78, 5) is 34.4. The summed E-state index contributed by atoms with van der Waals surface area (Å²) in [6.07, 6.45) is -7.61. The highest BCUT2D eigenvalue weighted by Gasteiger charge is 2.37. The Morgan fingerprint density at radius 3 is 2.30 bits per heavy atom. The topological polar surface area (TPSA) is 102 Å². The van der Waals surface area contributed by atoms with Crippen molar-refractivity contribution in [2.45, 2.75) is 25.3 Å². The summed E-state index contributed by atoms with van der Waals surface area (Å²) in [6.45, 7) is 2.09. The summed E-state index contributed by atoms with van der Waals surface area (Å²) < 4.78 is 85.2. The predicted molar refractivity (Wildman–Crippen MR) is 115 cm³/mol. The molecule has 1 unspecified atom stereocenters. The Morgan fingerprint density at radius 2 is 1.73 bits per heavy atom. The fourth-order valence-corrected chi connectivity index (χ4v) is 3.61. The minimum Gasteiger partial charge on any atom is -0.370 e. The molecule has 15 heteroatoms. The van der Waals surface area contributed by atoms with Crippen LogP contribution in [0, 0.1) is 0 Å². The number of nitrogens with zero attached hydrogens (tertiary/aromatic N) is 5. The van der Waals surface area contributed by atoms with Crippen LogP contribution in [0.5, 0.6) is 0 Å². The summed E-state index contributed by atoms with van der Waals surface area (Å²) in [7, 11) is 0. The van der Waals surface area contributed by atoms with Gasteiger partial charge in [0.1, 0.15) is 12.9 Å². The monoisotopic (exact) mass is 528 g/mol. The van der Waals surface area contributed by atoms with Crippen LogP contribution in [0.4, 0.5) is 32.0 Å². The SMILES string of the molecule is CC(NC(=O)c1cc(C(F)(F)F)cc(C(F)(F)F)c1)c1ncnn1-c1ccc(N2CCOCC2=O)cn1. The molecule has 1 aliphatic rings. The Kier molecular flexibility index (Phi) is 6.90. The Bertz CT molecular complexity index is 1270. The number of benzene rings is 1. The molecule has 0 aliphatic carbocycles. The zero-order chi connectivity index (χ0) is 27.0. The van der Waals surface area contributed by atoms with Crippen molar-refractivity contribution in [3.8, 4) is 5.82 Å². The molecule has 1 fully saturated rings. The van der Waals surface area contributed by atoms with Crippen molar-refractivity contribution < 1.29 is 40.7 Å². The molecule has 196 valence electrons. The van der Waals surface area contributed by atoms with Crippen LogP contribution < -0.4 is 10.2 Å². The lowest BCUT2D eigenvalue weighted by Gasteiger charge is -2.26. The Labute approximate surface area is 205 Å². The summed E-state index contributed by atoms with van der Waals surface area (Å²) in [5.74, 6) is -1.05. The van der Waals surface area contributed by atoms with Crippen LogP contribution in [-0.4, -0.2) is 51.3 Å². The molecule has 1 aliphatic heterocycles. The summed E-state index contributed by atoms with van der Waals surface area (Å²) >= 11 is 0. The van der Waals surface area contributed by atoms with E-state index in [1.54, 1.807) is 6.07 Å². The van der Waals surface area contributed by atoms with Gasteiger partial charge in [-0.2, -0.15) is 36.1 Å². The lowest BCUT2D eigenvalue weighted by molar-refractivity contribution is -0.143. The number of carbonyl (C=O) groups excluding carboxylic acids is 2. The molecular formula is C22H18F6N6O3. The average Bonchev–Trinajstić information content (AvgIpc) is 3.33. The van der Waals surface area contributed by atoms with E-state index in [-0.39, 0.29) is 30.2 Å². The number of anilines is 1. The number of alkyl halides is 6. The van der Waals surface area contributed by atoms with Gasteiger partial charge in [0.25, 0.3) is 11.8 Å². The van der Waals surface area contributed by atoms with E-state index in [0.717, 1.165) is 6.33 Å². The van der Waals surface area contributed by atoms with E-state index in [9.17, 15) is 35.9 Å². The molecule has 3 heterocycles. The van der Waals surface area contributed by atoms with E-state index in [2.05, 4.69) is 20.4 Å². The number of halogens is 6. The van der Waals surface area contributed by atoms with Crippen molar-refractivity contribution in [2.24, 2.45) is 0 Å². The third-order valence-electron chi connectivity index (χ3n) is 5.41. The normalized spacial score (nSPS) is 15.5. The number of amides is 2. The molecule has 2 aromatic heterocycles. The van der Waals surface area contributed by atoms with Gasteiger partial charge < -0.3 is 15.0 Å². The first kappa shape index (κ1) is 26.1. The maximum atomic E-state index is 13.1. The molecule has 1 N–H and O–H groups in total. The average molecular weight is 528 g/mol. The van der Waals surface area contributed by atoms with E-state index < -0.39 is 41.0 Å². The van der Waals surface area contributed by atoms with Gasteiger partial charge in [-0.1, -0.05) is 0 Å². The van der Waals surface area contributed by atoms with Gasteiger partial charge in [0.05, 0.1) is 35.7 Å². The lowest BCUT2D eigenvalue weighted by atomic mass is 10.0. The van der Waals surface area contributed by atoms with Crippen LogP contribution in [0.2, 0.25) is 0 Å². The third kappa shape index (κ3) is 5.71. The van der Waals surface area contributed by atoms with Gasteiger partial charge in [-0.25, -0.2) is 9.97 Å².